The van der Waals surface area contributed by atoms with E-state index in [1.807, 2.05) is 18.2 Å². The molecule has 1 saturated carbocycles. The van der Waals surface area contributed by atoms with Gasteiger partial charge in [-0.1, -0.05) is 37.6 Å². The number of unbranched alkanes of at least 4 members (excludes halogenated alkanes) is 1. The molecule has 3 N–H and O–H groups in total. The third-order valence-electron chi connectivity index (χ3n) is 3.87. The summed E-state index contributed by atoms with van der Waals surface area (Å²) < 4.78 is 0. The fourth-order valence-corrected chi connectivity index (χ4v) is 2.52. The zero-order valence-corrected chi connectivity index (χ0v) is 12.3. The lowest BCUT2D eigenvalue weighted by Crippen LogP contribution is -2.32. The lowest BCUT2D eigenvalue weighted by molar-refractivity contribution is -0.120. The van der Waals surface area contributed by atoms with Crippen molar-refractivity contribution in [1.82, 2.24) is 10.3 Å². The first kappa shape index (κ1) is 15.0. The zero-order chi connectivity index (χ0) is 14.4. The van der Waals surface area contributed by atoms with Gasteiger partial charge in [0.25, 0.3) is 0 Å². The van der Waals surface area contributed by atoms with E-state index in [9.17, 15) is 4.79 Å². The molecular weight excluding hydrogens is 250 g/mol. The van der Waals surface area contributed by atoms with Gasteiger partial charge in [0, 0.05) is 12.6 Å². The van der Waals surface area contributed by atoms with Crippen molar-refractivity contribution in [1.29, 1.82) is 0 Å². The van der Waals surface area contributed by atoms with Gasteiger partial charge in [-0.3, -0.25) is 15.1 Å². The molecule has 1 aliphatic rings. The Morgan fingerprint density at radius 3 is 2.65 bits per heavy atom. The Morgan fingerprint density at radius 1 is 1.35 bits per heavy atom. The second-order valence-electron chi connectivity index (χ2n) is 5.57. The molecule has 0 spiro atoms. The van der Waals surface area contributed by atoms with Crippen molar-refractivity contribution in [2.75, 3.05) is 6.54 Å². The van der Waals surface area contributed by atoms with Crippen molar-refractivity contribution in [2.45, 2.75) is 51.6 Å². The summed E-state index contributed by atoms with van der Waals surface area (Å²) in [6.45, 7) is 4.32. The van der Waals surface area contributed by atoms with Crippen molar-refractivity contribution in [3.8, 4) is 0 Å². The van der Waals surface area contributed by atoms with Gasteiger partial charge in [-0.05, 0) is 36.9 Å². The molecule has 110 valence electrons. The smallest absolute Gasteiger partial charge is 0.238 e. The highest BCUT2D eigenvalue weighted by atomic mass is 16.2. The third kappa shape index (κ3) is 4.32. The predicted molar refractivity (Wildman–Crippen MR) is 80.8 cm³/mol. The maximum absolute atomic E-state index is 11.5. The van der Waals surface area contributed by atoms with Crippen LogP contribution in [0.15, 0.2) is 24.3 Å². The molecule has 0 radical (unpaired) electrons. The van der Waals surface area contributed by atoms with E-state index in [4.69, 9.17) is 5.84 Å². The van der Waals surface area contributed by atoms with Gasteiger partial charge in [0.2, 0.25) is 5.91 Å². The molecule has 2 rings (SSSR count). The quantitative estimate of drug-likeness (QED) is 0.433. The zero-order valence-electron chi connectivity index (χ0n) is 12.3. The van der Waals surface area contributed by atoms with Crippen LogP contribution in [0.25, 0.3) is 0 Å². The van der Waals surface area contributed by atoms with E-state index < -0.39 is 0 Å². The lowest BCUT2D eigenvalue weighted by Gasteiger charge is -2.23. The average molecular weight is 275 g/mol. The van der Waals surface area contributed by atoms with Crippen LogP contribution in [-0.4, -0.2) is 23.4 Å². The van der Waals surface area contributed by atoms with Crippen LogP contribution in [0.5, 0.6) is 0 Å². The highest BCUT2D eigenvalue weighted by Gasteiger charge is 2.28. The van der Waals surface area contributed by atoms with Crippen LogP contribution in [0.4, 0.5) is 0 Å². The van der Waals surface area contributed by atoms with Gasteiger partial charge in [-0.2, -0.15) is 0 Å². The Labute approximate surface area is 121 Å². The van der Waals surface area contributed by atoms with E-state index in [0.717, 1.165) is 24.7 Å². The second kappa shape index (κ2) is 7.41. The largest absolute Gasteiger partial charge is 0.296 e. The Balaban J connectivity index is 2.04. The molecule has 0 unspecified atom stereocenters. The molecule has 0 saturated heterocycles. The number of amides is 1. The minimum Gasteiger partial charge on any atom is -0.296 e. The third-order valence-corrected chi connectivity index (χ3v) is 3.87. The van der Waals surface area contributed by atoms with Crippen molar-refractivity contribution < 1.29 is 4.79 Å². The molecular formula is C16H25N3O. The average Bonchev–Trinajstić information content (AvgIpc) is 3.29. The molecule has 0 aliphatic heterocycles. The number of hydrazine groups is 1. The number of nitrogens with zero attached hydrogens (tertiary/aromatic N) is 1. The highest BCUT2D eigenvalue weighted by molar-refractivity contribution is 5.78. The summed E-state index contributed by atoms with van der Waals surface area (Å²) in [5.41, 5.74) is 4.54. The summed E-state index contributed by atoms with van der Waals surface area (Å²) in [6, 6.07) is 8.92. The summed E-state index contributed by atoms with van der Waals surface area (Å²) in [7, 11) is 0. The molecule has 1 fully saturated rings. The predicted octanol–water partition coefficient (Wildman–Crippen LogP) is 1.98. The van der Waals surface area contributed by atoms with E-state index in [-0.39, 0.29) is 5.91 Å². The maximum atomic E-state index is 11.5. The molecule has 1 aromatic rings. The normalized spacial score (nSPS) is 14.6. The van der Waals surface area contributed by atoms with Gasteiger partial charge < -0.3 is 0 Å². The Hall–Kier alpha value is -1.39. The molecule has 0 heterocycles. The molecule has 20 heavy (non-hydrogen) atoms. The van der Waals surface area contributed by atoms with E-state index in [2.05, 4.69) is 23.3 Å². The van der Waals surface area contributed by atoms with E-state index in [1.165, 1.54) is 31.2 Å². The van der Waals surface area contributed by atoms with Gasteiger partial charge in [0.05, 0.1) is 6.42 Å². The Morgan fingerprint density at radius 2 is 2.05 bits per heavy atom. The van der Waals surface area contributed by atoms with Gasteiger partial charge in [-0.25, -0.2) is 5.84 Å². The summed E-state index contributed by atoms with van der Waals surface area (Å²) in [6.07, 6.45) is 5.45. The number of carbonyl (C=O) groups excluding carboxylic acids is 1. The fraction of sp³-hybridized carbons (Fsp3) is 0.562. The number of benzene rings is 1. The molecule has 0 aromatic heterocycles. The van der Waals surface area contributed by atoms with E-state index in [0.29, 0.717) is 6.42 Å². The van der Waals surface area contributed by atoms with Crippen LogP contribution >= 0.6 is 0 Å². The van der Waals surface area contributed by atoms with Crippen LogP contribution in [-0.2, 0) is 17.8 Å². The van der Waals surface area contributed by atoms with Gasteiger partial charge in [0.1, 0.15) is 0 Å². The number of carbonyl (C=O) groups is 1. The molecule has 0 atom stereocenters. The molecule has 0 bridgehead atoms. The molecule has 4 heteroatoms. The maximum Gasteiger partial charge on any atom is 0.238 e. The first-order valence-electron chi connectivity index (χ1n) is 7.55. The molecule has 4 nitrogen and oxygen atoms in total. The molecule has 1 aliphatic carbocycles. The number of rotatable bonds is 8. The molecule has 1 aromatic carbocycles. The van der Waals surface area contributed by atoms with E-state index >= 15 is 0 Å². The number of hydrogen-bond donors (Lipinski definition) is 2. The van der Waals surface area contributed by atoms with Crippen LogP contribution < -0.4 is 11.3 Å². The summed E-state index contributed by atoms with van der Waals surface area (Å²) in [5, 5.41) is 0. The first-order chi connectivity index (χ1) is 9.74. The Bertz CT molecular complexity index is 443. The molecule has 1 amide bonds. The van der Waals surface area contributed by atoms with Crippen molar-refractivity contribution >= 4 is 5.91 Å². The lowest BCUT2D eigenvalue weighted by atomic mass is 10.0. The van der Waals surface area contributed by atoms with Crippen LogP contribution in [0.1, 0.15) is 43.7 Å². The van der Waals surface area contributed by atoms with Gasteiger partial charge in [-0.15, -0.1) is 0 Å². The summed E-state index contributed by atoms with van der Waals surface area (Å²) in [4.78, 5) is 14.0. The Kier molecular flexibility index (Phi) is 5.56. The van der Waals surface area contributed by atoms with Crippen LogP contribution in [0.2, 0.25) is 0 Å². The van der Waals surface area contributed by atoms with Crippen LogP contribution in [0.3, 0.4) is 0 Å². The SMILES string of the molecule is CCCCN(Cc1ccccc1CC(=O)NN)C1CC1. The first-order valence-corrected chi connectivity index (χ1v) is 7.55. The van der Waals surface area contributed by atoms with Crippen LogP contribution in [0, 0.1) is 0 Å². The number of nitrogens with one attached hydrogen (secondary N) is 1. The van der Waals surface area contributed by atoms with Gasteiger partial charge >= 0.3 is 0 Å². The van der Waals surface area contributed by atoms with Crippen molar-refractivity contribution in [3.63, 3.8) is 0 Å². The van der Waals surface area contributed by atoms with Crippen molar-refractivity contribution in [3.05, 3.63) is 35.4 Å². The standard InChI is InChI=1S/C16H25N3O/c1-2-3-10-19(15-8-9-15)12-14-7-5-4-6-13(14)11-16(20)18-17/h4-7,15H,2-3,8-12,17H2,1H3,(H,18,20). The fourth-order valence-electron chi connectivity index (χ4n) is 2.52. The highest BCUT2D eigenvalue weighted by Crippen LogP contribution is 2.29. The summed E-state index contributed by atoms with van der Waals surface area (Å²) in [5.74, 6) is 5.05. The topological polar surface area (TPSA) is 58.4 Å². The monoisotopic (exact) mass is 275 g/mol. The minimum absolute atomic E-state index is 0.135. The second-order valence-corrected chi connectivity index (χ2v) is 5.57. The van der Waals surface area contributed by atoms with Gasteiger partial charge in [0.15, 0.2) is 0 Å². The number of hydrogen-bond acceptors (Lipinski definition) is 3. The number of nitrogens with two attached hydrogens (primary N) is 1. The minimum atomic E-state index is -0.135. The summed E-state index contributed by atoms with van der Waals surface area (Å²) >= 11 is 0. The van der Waals surface area contributed by atoms with Crippen molar-refractivity contribution in [2.24, 2.45) is 5.84 Å². The van der Waals surface area contributed by atoms with E-state index in [1.54, 1.807) is 0 Å².